The topological polar surface area (TPSA) is 72.5 Å². The van der Waals surface area contributed by atoms with E-state index in [1.54, 1.807) is 24.3 Å². The Morgan fingerprint density at radius 2 is 1.30 bits per heavy atom. The van der Waals surface area contributed by atoms with Gasteiger partial charge in [0, 0.05) is 23.3 Å². The minimum absolute atomic E-state index is 0.179. The molecule has 1 aliphatic heterocycles. The molecule has 234 valence electrons. The first-order valence-electron chi connectivity index (χ1n) is 15.8. The van der Waals surface area contributed by atoms with E-state index in [0.717, 1.165) is 38.9 Å². The van der Waals surface area contributed by atoms with Crippen LogP contribution in [0.3, 0.4) is 0 Å². The van der Waals surface area contributed by atoms with Crippen LogP contribution in [-0.2, 0) is 19.6 Å². The van der Waals surface area contributed by atoms with Crippen molar-refractivity contribution in [2.75, 3.05) is 0 Å². The molecule has 1 aliphatic carbocycles. The maximum Gasteiger partial charge on any atom is 0.315 e. The number of rotatable bonds is 8. The van der Waals surface area contributed by atoms with E-state index in [1.165, 1.54) is 0 Å². The molecule has 6 heteroatoms. The predicted molar refractivity (Wildman–Crippen MR) is 186 cm³/mol. The van der Waals surface area contributed by atoms with Gasteiger partial charge in [-0.2, -0.15) is 0 Å². The van der Waals surface area contributed by atoms with Gasteiger partial charge in [0.1, 0.15) is 5.76 Å². The summed E-state index contributed by atoms with van der Waals surface area (Å²) < 4.78 is 36.7. The summed E-state index contributed by atoms with van der Waals surface area (Å²) >= 11 is 0. The first-order valence-corrected chi connectivity index (χ1v) is 17.3. The molecule has 0 aromatic heterocycles. The number of allylic oxidation sites excluding steroid dienone is 2. The maximum atomic E-state index is 14.1. The molecule has 1 N–H and O–H groups in total. The predicted octanol–water partition coefficient (Wildman–Crippen LogP) is 8.50. The Bertz CT molecular complexity index is 2090. The summed E-state index contributed by atoms with van der Waals surface area (Å²) in [6, 6.07) is 42.5. The molecule has 0 spiro atoms. The zero-order valence-corrected chi connectivity index (χ0v) is 27.0. The Morgan fingerprint density at radius 1 is 0.723 bits per heavy atom. The zero-order chi connectivity index (χ0) is 32.5. The number of carbonyl (C=O) groups is 1. The fraction of sp³-hybridized carbons (Fsp3) is 0.146. The molecule has 5 nitrogen and oxygen atoms in total. The standard InChI is InChI=1S/C41H35NO4S/c1-27-17-21-30(22-18-27)37(42-47(44,45)32-23-19-28(2)20-24-32)25-35(29-11-5-3-6-12-29)39-34-16-10-9-15-33(34)36-26-38(46-41(43)40(36)39)31-13-7-4-8-14-31/h3-26,35-36,39-40,42H,1-2H3/b37-25-/t35-,36-,39+,40-/m0/s1. The van der Waals surface area contributed by atoms with Crippen molar-refractivity contribution in [2.24, 2.45) is 5.92 Å². The highest BCUT2D eigenvalue weighted by Crippen LogP contribution is 2.56. The molecule has 0 amide bonds. The molecule has 2 aliphatic rings. The second kappa shape index (κ2) is 12.5. The fourth-order valence-electron chi connectivity index (χ4n) is 6.87. The zero-order valence-electron chi connectivity index (χ0n) is 26.2. The fourth-order valence-corrected chi connectivity index (χ4v) is 7.96. The Labute approximate surface area is 276 Å². The van der Waals surface area contributed by atoms with E-state index in [4.69, 9.17) is 4.74 Å². The van der Waals surface area contributed by atoms with Crippen LogP contribution in [0.4, 0.5) is 0 Å². The van der Waals surface area contributed by atoms with Gasteiger partial charge in [0.15, 0.2) is 0 Å². The van der Waals surface area contributed by atoms with Crippen LogP contribution in [-0.4, -0.2) is 14.4 Å². The number of hydrogen-bond acceptors (Lipinski definition) is 4. The van der Waals surface area contributed by atoms with Crippen LogP contribution in [0.15, 0.2) is 151 Å². The first kappa shape index (κ1) is 30.5. The number of cyclic esters (lactones) is 1. The number of aryl methyl sites for hydroxylation is 2. The van der Waals surface area contributed by atoms with E-state index in [-0.39, 0.29) is 28.6 Å². The van der Waals surface area contributed by atoms with Crippen molar-refractivity contribution in [1.82, 2.24) is 4.72 Å². The van der Waals surface area contributed by atoms with Crippen LogP contribution in [0.2, 0.25) is 0 Å². The lowest BCUT2D eigenvalue weighted by molar-refractivity contribution is -0.143. The number of sulfonamides is 1. The van der Waals surface area contributed by atoms with Crippen LogP contribution in [0.5, 0.6) is 0 Å². The molecule has 1 heterocycles. The molecule has 0 saturated heterocycles. The maximum absolute atomic E-state index is 14.1. The highest BCUT2D eigenvalue weighted by Gasteiger charge is 2.50. The van der Waals surface area contributed by atoms with Crippen LogP contribution >= 0.6 is 0 Å². The monoisotopic (exact) mass is 637 g/mol. The first-order chi connectivity index (χ1) is 22.8. The van der Waals surface area contributed by atoms with E-state index in [0.29, 0.717) is 11.5 Å². The van der Waals surface area contributed by atoms with Crippen molar-refractivity contribution in [1.29, 1.82) is 0 Å². The van der Waals surface area contributed by atoms with Crippen molar-refractivity contribution in [3.8, 4) is 0 Å². The van der Waals surface area contributed by atoms with E-state index >= 15 is 0 Å². The van der Waals surface area contributed by atoms with E-state index in [1.807, 2.05) is 117 Å². The molecule has 0 saturated carbocycles. The molecule has 7 rings (SSSR count). The SMILES string of the molecule is Cc1ccc(/C(=C/[C@@H](c2ccccc2)[C@H]2c3ccccc3[C@@H]3C=C(c4ccccc4)OC(=O)[C@H]23)NS(=O)(=O)c2ccc(C)cc2)cc1. The van der Waals surface area contributed by atoms with Crippen molar-refractivity contribution in [2.45, 2.75) is 36.5 Å². The molecule has 0 fully saturated rings. The van der Waals surface area contributed by atoms with Crippen molar-refractivity contribution in [3.05, 3.63) is 185 Å². The highest BCUT2D eigenvalue weighted by atomic mass is 32.2. The van der Waals surface area contributed by atoms with Gasteiger partial charge < -0.3 is 4.74 Å². The summed E-state index contributed by atoms with van der Waals surface area (Å²) in [5.41, 5.74) is 7.18. The van der Waals surface area contributed by atoms with Gasteiger partial charge in [-0.15, -0.1) is 0 Å². The van der Waals surface area contributed by atoms with Crippen molar-refractivity contribution >= 4 is 27.4 Å². The number of ether oxygens (including phenoxy) is 1. The van der Waals surface area contributed by atoms with Gasteiger partial charge in [-0.3, -0.25) is 9.52 Å². The number of fused-ring (bicyclic) bond motifs is 3. The lowest BCUT2D eigenvalue weighted by Crippen LogP contribution is -2.30. The second-order valence-electron chi connectivity index (χ2n) is 12.3. The third-order valence-electron chi connectivity index (χ3n) is 9.22. The summed E-state index contributed by atoms with van der Waals surface area (Å²) in [6.07, 6.45) is 4.06. The third kappa shape index (κ3) is 6.05. The number of hydrogen-bond donors (Lipinski definition) is 1. The molecule has 0 radical (unpaired) electrons. The summed E-state index contributed by atoms with van der Waals surface area (Å²) in [5.74, 6) is -1.12. The molecule has 5 aromatic carbocycles. The van der Waals surface area contributed by atoms with Gasteiger partial charge in [0.25, 0.3) is 10.0 Å². The number of esters is 1. The smallest absolute Gasteiger partial charge is 0.315 e. The van der Waals surface area contributed by atoms with Crippen LogP contribution < -0.4 is 4.72 Å². The number of carbonyl (C=O) groups excluding carboxylic acids is 1. The van der Waals surface area contributed by atoms with E-state index in [2.05, 4.69) is 22.9 Å². The average molecular weight is 638 g/mol. The van der Waals surface area contributed by atoms with Crippen LogP contribution in [0, 0.1) is 19.8 Å². The number of nitrogens with one attached hydrogen (secondary N) is 1. The summed E-state index contributed by atoms with van der Waals surface area (Å²) in [6.45, 7) is 3.92. The minimum Gasteiger partial charge on any atom is -0.426 e. The molecule has 4 atom stereocenters. The third-order valence-corrected chi connectivity index (χ3v) is 10.6. The van der Waals surface area contributed by atoms with Gasteiger partial charge in [0.05, 0.1) is 16.5 Å². The Hall–Kier alpha value is -5.20. The average Bonchev–Trinajstić information content (AvgIpc) is 3.42. The van der Waals surface area contributed by atoms with Crippen molar-refractivity contribution in [3.63, 3.8) is 0 Å². The lowest BCUT2D eigenvalue weighted by atomic mass is 9.74. The molecular weight excluding hydrogens is 603 g/mol. The Balaban J connectivity index is 1.39. The van der Waals surface area contributed by atoms with E-state index in [9.17, 15) is 13.2 Å². The quantitative estimate of drug-likeness (QED) is 0.173. The molecule has 5 aromatic rings. The lowest BCUT2D eigenvalue weighted by Gasteiger charge is -2.32. The molecule has 47 heavy (non-hydrogen) atoms. The summed E-state index contributed by atoms with van der Waals surface area (Å²) in [5, 5.41) is 0. The molecule has 0 bridgehead atoms. The molecule has 0 unspecified atom stereocenters. The van der Waals surface area contributed by atoms with Crippen LogP contribution in [0.1, 0.15) is 56.7 Å². The van der Waals surface area contributed by atoms with Gasteiger partial charge in [0.2, 0.25) is 0 Å². The Kier molecular flexibility index (Phi) is 8.12. The van der Waals surface area contributed by atoms with Gasteiger partial charge in [-0.05, 0) is 54.3 Å². The Morgan fingerprint density at radius 3 is 1.96 bits per heavy atom. The van der Waals surface area contributed by atoms with Crippen LogP contribution in [0.25, 0.3) is 11.5 Å². The number of benzene rings is 5. The summed E-state index contributed by atoms with van der Waals surface area (Å²) in [7, 11) is -3.94. The highest BCUT2D eigenvalue weighted by molar-refractivity contribution is 7.89. The van der Waals surface area contributed by atoms with E-state index < -0.39 is 15.9 Å². The van der Waals surface area contributed by atoms with Crippen molar-refractivity contribution < 1.29 is 17.9 Å². The van der Waals surface area contributed by atoms with Gasteiger partial charge in [-0.1, -0.05) is 139 Å². The second-order valence-corrected chi connectivity index (χ2v) is 14.0. The van der Waals surface area contributed by atoms with Gasteiger partial charge >= 0.3 is 5.97 Å². The normalized spacial score (nSPS) is 19.6. The largest absolute Gasteiger partial charge is 0.426 e. The van der Waals surface area contributed by atoms with Gasteiger partial charge in [-0.25, -0.2) is 8.42 Å². The molecular formula is C41H35NO4S. The summed E-state index contributed by atoms with van der Waals surface area (Å²) in [4.78, 5) is 14.3. The minimum atomic E-state index is -3.94.